The quantitative estimate of drug-likeness (QED) is 0.679. The predicted octanol–water partition coefficient (Wildman–Crippen LogP) is 3.32. The second kappa shape index (κ2) is 7.51. The summed E-state index contributed by atoms with van der Waals surface area (Å²) in [7, 11) is 0. The molecule has 0 aliphatic carbocycles. The van der Waals surface area contributed by atoms with Crippen molar-refractivity contribution in [1.82, 2.24) is 9.88 Å². The van der Waals surface area contributed by atoms with Gasteiger partial charge in [0.25, 0.3) is 0 Å². The molecule has 0 aliphatic rings. The lowest BCUT2D eigenvalue weighted by Gasteiger charge is -2.19. The summed E-state index contributed by atoms with van der Waals surface area (Å²) in [4.78, 5) is 0. The number of aromatic nitrogens is 2. The highest BCUT2D eigenvalue weighted by molar-refractivity contribution is 4.99. The third kappa shape index (κ3) is 7.76. The fourth-order valence-electron chi connectivity index (χ4n) is 1.80. The van der Waals surface area contributed by atoms with Gasteiger partial charge in [0.15, 0.2) is 0 Å². The summed E-state index contributed by atoms with van der Waals surface area (Å²) in [5.41, 5.74) is 0.371. The summed E-state index contributed by atoms with van der Waals surface area (Å²) in [5, 5.41) is 3.49. The Morgan fingerprint density at radius 3 is 2.05 bits per heavy atom. The number of hydrogen-bond donors (Lipinski definition) is 1. The van der Waals surface area contributed by atoms with Gasteiger partial charge in [-0.2, -0.15) is 18.2 Å². The smallest absolute Gasteiger partial charge is 0.244 e. The molecule has 0 bridgehead atoms. The Morgan fingerprint density at radius 2 is 1.67 bits per heavy atom. The molecule has 2 rings (SSSR count). The first kappa shape index (κ1) is 17.6. The highest BCUT2D eigenvalue weighted by atomic mass is 15.2. The normalized spacial score (nSPS) is 11.9. The van der Waals surface area contributed by atoms with Gasteiger partial charge >= 0.3 is 0 Å². The van der Waals surface area contributed by atoms with Gasteiger partial charge in [-0.25, -0.2) is 21.3 Å². The van der Waals surface area contributed by atoms with Crippen molar-refractivity contribution >= 4 is 0 Å². The summed E-state index contributed by atoms with van der Waals surface area (Å²) in [5.74, 6) is 0. The molecule has 0 saturated heterocycles. The maximum absolute atomic E-state index is 3.49. The van der Waals surface area contributed by atoms with Gasteiger partial charge in [0.1, 0.15) is 24.5 Å². The molecule has 1 aromatic carbocycles. The SMILES string of the molecule is CC(C)(C)NCC[n+]1ccn(C(C)(C)C)c1.c1cc[cH-]c1. The van der Waals surface area contributed by atoms with Crippen LogP contribution in [0.15, 0.2) is 49.1 Å². The molecule has 0 spiro atoms. The van der Waals surface area contributed by atoms with Crippen molar-refractivity contribution in [2.24, 2.45) is 0 Å². The zero-order valence-corrected chi connectivity index (χ0v) is 14.4. The maximum Gasteiger partial charge on any atom is 0.244 e. The summed E-state index contributed by atoms with van der Waals surface area (Å²) < 4.78 is 4.47. The van der Waals surface area contributed by atoms with Gasteiger partial charge in [0.05, 0.1) is 0 Å². The standard InChI is InChI=1S/C13H26N3.C5H5/c1-12(2,3)14-7-8-15-9-10-16(11-15)13(4,5)6;1-2-4-5-3-1/h9-11,14H,7-8H2,1-6H3;1-5H/q+1;-1. The van der Waals surface area contributed by atoms with Crippen LogP contribution in [0.1, 0.15) is 41.5 Å². The van der Waals surface area contributed by atoms with Gasteiger partial charge in [-0.1, -0.05) is 0 Å². The van der Waals surface area contributed by atoms with E-state index in [9.17, 15) is 0 Å². The molecule has 0 fully saturated rings. The van der Waals surface area contributed by atoms with Crippen LogP contribution in [0.25, 0.3) is 0 Å². The molecule has 1 N–H and O–H groups in total. The van der Waals surface area contributed by atoms with Crippen LogP contribution in [-0.4, -0.2) is 16.7 Å². The van der Waals surface area contributed by atoms with E-state index >= 15 is 0 Å². The van der Waals surface area contributed by atoms with Crippen molar-refractivity contribution in [3.8, 4) is 0 Å². The van der Waals surface area contributed by atoms with Crippen molar-refractivity contribution in [3.63, 3.8) is 0 Å². The zero-order chi connectivity index (χ0) is 15.9. The van der Waals surface area contributed by atoms with E-state index in [-0.39, 0.29) is 11.1 Å². The number of nitrogens with zero attached hydrogens (tertiary/aromatic N) is 2. The summed E-state index contributed by atoms with van der Waals surface area (Å²) >= 11 is 0. The fourth-order valence-corrected chi connectivity index (χ4v) is 1.80. The van der Waals surface area contributed by atoms with E-state index in [0.29, 0.717) is 0 Å². The number of hydrogen-bond acceptors (Lipinski definition) is 1. The minimum Gasteiger partial charge on any atom is -0.308 e. The van der Waals surface area contributed by atoms with E-state index in [1.807, 2.05) is 30.3 Å². The number of nitrogens with one attached hydrogen (secondary N) is 1. The average molecular weight is 289 g/mol. The Bertz CT molecular complexity index is 464. The van der Waals surface area contributed by atoms with Crippen molar-refractivity contribution in [2.75, 3.05) is 6.54 Å². The summed E-state index contributed by atoms with van der Waals surface area (Å²) in [6.07, 6.45) is 6.44. The monoisotopic (exact) mass is 289 g/mol. The summed E-state index contributed by atoms with van der Waals surface area (Å²) in [6, 6.07) is 10.0. The van der Waals surface area contributed by atoms with Gasteiger partial charge in [0.2, 0.25) is 6.33 Å². The molecule has 118 valence electrons. The third-order valence-electron chi connectivity index (χ3n) is 3.05. The highest BCUT2D eigenvalue weighted by Gasteiger charge is 2.19. The second-order valence-corrected chi connectivity index (χ2v) is 7.37. The van der Waals surface area contributed by atoms with Crippen LogP contribution in [0.2, 0.25) is 0 Å². The Balaban J connectivity index is 0.000000369. The number of rotatable bonds is 3. The largest absolute Gasteiger partial charge is 0.308 e. The third-order valence-corrected chi connectivity index (χ3v) is 3.05. The van der Waals surface area contributed by atoms with Crippen LogP contribution in [0.5, 0.6) is 0 Å². The van der Waals surface area contributed by atoms with E-state index in [1.165, 1.54) is 0 Å². The first-order valence-corrected chi connectivity index (χ1v) is 7.68. The number of imidazole rings is 1. The zero-order valence-electron chi connectivity index (χ0n) is 14.4. The van der Waals surface area contributed by atoms with Gasteiger partial charge in [0, 0.05) is 12.1 Å². The molecule has 3 heteroatoms. The van der Waals surface area contributed by atoms with Crippen LogP contribution >= 0.6 is 0 Å². The van der Waals surface area contributed by atoms with Gasteiger partial charge in [-0.05, 0) is 41.5 Å². The molecule has 2 aromatic rings. The molecule has 0 atom stereocenters. The Morgan fingerprint density at radius 1 is 1.05 bits per heavy atom. The first-order chi connectivity index (χ1) is 9.68. The Hall–Kier alpha value is -1.48. The molecule has 3 nitrogen and oxygen atoms in total. The fraction of sp³-hybridized carbons (Fsp3) is 0.556. The molecule has 1 aromatic heterocycles. The molecule has 21 heavy (non-hydrogen) atoms. The predicted molar refractivity (Wildman–Crippen MR) is 89.4 cm³/mol. The molecule has 0 radical (unpaired) electrons. The highest BCUT2D eigenvalue weighted by Crippen LogP contribution is 2.10. The van der Waals surface area contributed by atoms with Gasteiger partial charge in [-0.3, -0.25) is 0 Å². The van der Waals surface area contributed by atoms with Crippen LogP contribution in [-0.2, 0) is 12.1 Å². The average Bonchev–Trinajstić information content (AvgIpc) is 3.00. The van der Waals surface area contributed by atoms with Gasteiger partial charge < -0.3 is 5.32 Å². The minimum absolute atomic E-state index is 0.169. The molecular weight excluding hydrogens is 258 g/mol. The summed E-state index contributed by atoms with van der Waals surface area (Å²) in [6.45, 7) is 15.2. The minimum atomic E-state index is 0.169. The molecule has 1 heterocycles. The first-order valence-electron chi connectivity index (χ1n) is 7.68. The Labute approximate surface area is 130 Å². The van der Waals surface area contributed by atoms with Gasteiger partial charge in [-0.15, -0.1) is 0 Å². The molecular formula is C18H31N3. The second-order valence-electron chi connectivity index (χ2n) is 7.37. The lowest BCUT2D eigenvalue weighted by atomic mass is 10.1. The Kier molecular flexibility index (Phi) is 6.28. The molecule has 0 amide bonds. The van der Waals surface area contributed by atoms with Crippen molar-refractivity contribution in [3.05, 3.63) is 49.1 Å². The van der Waals surface area contributed by atoms with Crippen LogP contribution in [0.4, 0.5) is 0 Å². The van der Waals surface area contributed by atoms with E-state index in [1.54, 1.807) is 0 Å². The lowest BCUT2D eigenvalue weighted by molar-refractivity contribution is -0.694. The van der Waals surface area contributed by atoms with E-state index in [2.05, 4.69) is 74.7 Å². The lowest BCUT2D eigenvalue weighted by Crippen LogP contribution is -2.44. The van der Waals surface area contributed by atoms with Crippen LogP contribution in [0, 0.1) is 0 Å². The molecule has 0 unspecified atom stereocenters. The van der Waals surface area contributed by atoms with Crippen molar-refractivity contribution in [2.45, 2.75) is 59.2 Å². The van der Waals surface area contributed by atoms with Crippen LogP contribution < -0.4 is 9.88 Å². The maximum atomic E-state index is 3.49. The van der Waals surface area contributed by atoms with Crippen molar-refractivity contribution in [1.29, 1.82) is 0 Å². The van der Waals surface area contributed by atoms with Crippen LogP contribution in [0.3, 0.4) is 0 Å². The van der Waals surface area contributed by atoms with E-state index in [0.717, 1.165) is 13.1 Å². The van der Waals surface area contributed by atoms with E-state index < -0.39 is 0 Å². The van der Waals surface area contributed by atoms with E-state index in [4.69, 9.17) is 0 Å². The molecule has 0 aliphatic heterocycles. The topological polar surface area (TPSA) is 20.8 Å². The van der Waals surface area contributed by atoms with Crippen molar-refractivity contribution < 1.29 is 4.57 Å². The molecule has 0 saturated carbocycles.